The Bertz CT molecular complexity index is 1140. The molecule has 3 aromatic rings. The Hall–Kier alpha value is -3.10. The molecule has 0 saturated carbocycles. The molecule has 160 valence electrons. The van der Waals surface area contributed by atoms with Crippen molar-refractivity contribution in [3.8, 4) is 5.75 Å². The summed E-state index contributed by atoms with van der Waals surface area (Å²) in [6.45, 7) is -2.90. The normalized spacial score (nSPS) is 14.6. The van der Waals surface area contributed by atoms with Gasteiger partial charge < -0.3 is 4.74 Å². The lowest BCUT2D eigenvalue weighted by molar-refractivity contribution is -0.0498. The second-order valence-corrected chi connectivity index (χ2v) is 8.84. The van der Waals surface area contributed by atoms with Crippen LogP contribution in [0.1, 0.15) is 34.8 Å². The number of hydrogen-bond acceptors (Lipinski definition) is 4. The number of rotatable bonds is 7. The molecule has 1 N–H and O–H groups in total. The van der Waals surface area contributed by atoms with E-state index in [-0.39, 0.29) is 17.1 Å². The SMILES string of the molecule is O=S(=O)(NC(c1ccccc1)c1ccccn1)C1=Cc2ccc(OC(F)F)cc2CC1. The molecule has 1 atom stereocenters. The first-order valence-electron chi connectivity index (χ1n) is 9.69. The molecule has 0 saturated heterocycles. The summed E-state index contributed by atoms with van der Waals surface area (Å²) in [4.78, 5) is 4.57. The topological polar surface area (TPSA) is 68.3 Å². The fourth-order valence-corrected chi connectivity index (χ4v) is 4.92. The van der Waals surface area contributed by atoms with E-state index in [0.29, 0.717) is 17.7 Å². The van der Waals surface area contributed by atoms with Crippen LogP contribution in [0.25, 0.3) is 6.08 Å². The highest BCUT2D eigenvalue weighted by molar-refractivity contribution is 7.93. The highest BCUT2D eigenvalue weighted by Crippen LogP contribution is 2.31. The lowest BCUT2D eigenvalue weighted by Gasteiger charge is -2.22. The molecule has 4 rings (SSSR count). The monoisotopic (exact) mass is 442 g/mol. The molecule has 31 heavy (non-hydrogen) atoms. The van der Waals surface area contributed by atoms with Crippen LogP contribution in [-0.4, -0.2) is 20.0 Å². The molecule has 2 aromatic carbocycles. The number of hydrogen-bond donors (Lipinski definition) is 1. The zero-order valence-corrected chi connectivity index (χ0v) is 17.2. The van der Waals surface area contributed by atoms with Crippen molar-refractivity contribution in [1.29, 1.82) is 0 Å². The number of aryl methyl sites for hydroxylation is 1. The zero-order chi connectivity index (χ0) is 21.8. The van der Waals surface area contributed by atoms with Gasteiger partial charge in [0.2, 0.25) is 10.0 Å². The number of halogens is 2. The Kier molecular flexibility index (Phi) is 6.11. The van der Waals surface area contributed by atoms with Gasteiger partial charge in [-0.25, -0.2) is 8.42 Å². The quantitative estimate of drug-likeness (QED) is 0.577. The van der Waals surface area contributed by atoms with Crippen LogP contribution in [0.15, 0.2) is 77.8 Å². The third kappa shape index (κ3) is 4.98. The summed E-state index contributed by atoms with van der Waals surface area (Å²) in [5.74, 6) is 0.0610. The number of nitrogens with zero attached hydrogens (tertiary/aromatic N) is 1. The molecule has 0 radical (unpaired) electrons. The first-order valence-corrected chi connectivity index (χ1v) is 11.2. The fourth-order valence-electron chi connectivity index (χ4n) is 3.55. The highest BCUT2D eigenvalue weighted by atomic mass is 32.2. The van der Waals surface area contributed by atoms with Gasteiger partial charge in [-0.2, -0.15) is 13.5 Å². The van der Waals surface area contributed by atoms with Crippen molar-refractivity contribution < 1.29 is 21.9 Å². The smallest absolute Gasteiger partial charge is 0.387 e. The van der Waals surface area contributed by atoms with Gasteiger partial charge >= 0.3 is 6.61 Å². The molecule has 0 spiro atoms. The fraction of sp³-hybridized carbons (Fsp3) is 0.174. The maximum absolute atomic E-state index is 13.2. The van der Waals surface area contributed by atoms with Crippen LogP contribution in [0.3, 0.4) is 0 Å². The summed E-state index contributed by atoms with van der Waals surface area (Å²) in [5.41, 5.74) is 2.79. The van der Waals surface area contributed by atoms with E-state index in [1.54, 1.807) is 30.5 Å². The third-order valence-electron chi connectivity index (χ3n) is 5.03. The van der Waals surface area contributed by atoms with Crippen LogP contribution in [0, 0.1) is 0 Å². The Morgan fingerprint density at radius 2 is 1.74 bits per heavy atom. The minimum Gasteiger partial charge on any atom is -0.435 e. The van der Waals surface area contributed by atoms with Crippen molar-refractivity contribution in [2.75, 3.05) is 0 Å². The number of pyridine rings is 1. The number of alkyl halides is 2. The van der Waals surface area contributed by atoms with Gasteiger partial charge in [-0.3, -0.25) is 4.98 Å². The molecule has 1 aromatic heterocycles. The van der Waals surface area contributed by atoms with Crippen LogP contribution in [-0.2, 0) is 16.4 Å². The van der Waals surface area contributed by atoms with E-state index in [2.05, 4.69) is 14.4 Å². The number of sulfonamides is 1. The van der Waals surface area contributed by atoms with Crippen molar-refractivity contribution in [2.24, 2.45) is 0 Å². The van der Waals surface area contributed by atoms with Crippen LogP contribution < -0.4 is 9.46 Å². The molecular weight excluding hydrogens is 422 g/mol. The van der Waals surface area contributed by atoms with Gasteiger partial charge in [0.15, 0.2) is 0 Å². The summed E-state index contributed by atoms with van der Waals surface area (Å²) in [5, 5.41) is 0. The van der Waals surface area contributed by atoms with Gasteiger partial charge in [0.05, 0.1) is 16.6 Å². The van der Waals surface area contributed by atoms with E-state index in [9.17, 15) is 17.2 Å². The van der Waals surface area contributed by atoms with Crippen LogP contribution >= 0.6 is 0 Å². The Morgan fingerprint density at radius 3 is 2.45 bits per heavy atom. The molecule has 0 fully saturated rings. The second-order valence-electron chi connectivity index (χ2n) is 7.07. The van der Waals surface area contributed by atoms with Gasteiger partial charge in [-0.05, 0) is 59.9 Å². The molecule has 1 heterocycles. The van der Waals surface area contributed by atoms with Crippen molar-refractivity contribution in [3.05, 3.63) is 100 Å². The van der Waals surface area contributed by atoms with E-state index >= 15 is 0 Å². The van der Waals surface area contributed by atoms with Gasteiger partial charge in [0, 0.05) is 6.20 Å². The van der Waals surface area contributed by atoms with Crippen molar-refractivity contribution >= 4 is 16.1 Å². The van der Waals surface area contributed by atoms with Crippen LogP contribution in [0.2, 0.25) is 0 Å². The molecule has 1 aliphatic rings. The van der Waals surface area contributed by atoms with Crippen LogP contribution in [0.5, 0.6) is 5.75 Å². The molecular formula is C23H20F2N2O3S. The van der Waals surface area contributed by atoms with Crippen molar-refractivity contribution in [2.45, 2.75) is 25.5 Å². The Balaban J connectivity index is 1.64. The number of ether oxygens (including phenoxy) is 1. The second kappa shape index (κ2) is 8.95. The largest absolute Gasteiger partial charge is 0.435 e. The van der Waals surface area contributed by atoms with E-state index in [1.165, 1.54) is 12.1 Å². The predicted molar refractivity (Wildman–Crippen MR) is 114 cm³/mol. The van der Waals surface area contributed by atoms with Gasteiger partial charge in [-0.15, -0.1) is 0 Å². The minimum absolute atomic E-state index is 0.0610. The lowest BCUT2D eigenvalue weighted by atomic mass is 9.97. The number of nitrogens with one attached hydrogen (secondary N) is 1. The third-order valence-corrected chi connectivity index (χ3v) is 6.59. The number of benzene rings is 2. The Labute approximate surface area is 179 Å². The highest BCUT2D eigenvalue weighted by Gasteiger charge is 2.27. The summed E-state index contributed by atoms with van der Waals surface area (Å²) in [6, 6.07) is 18.5. The van der Waals surface area contributed by atoms with Crippen LogP contribution in [0.4, 0.5) is 8.78 Å². The molecule has 1 aliphatic carbocycles. The molecule has 1 unspecified atom stereocenters. The van der Waals surface area contributed by atoms with Crippen molar-refractivity contribution in [3.63, 3.8) is 0 Å². The molecule has 0 amide bonds. The molecule has 8 heteroatoms. The van der Waals surface area contributed by atoms with E-state index in [0.717, 1.165) is 11.1 Å². The summed E-state index contributed by atoms with van der Waals surface area (Å²) in [6.07, 6.45) is 3.86. The summed E-state index contributed by atoms with van der Waals surface area (Å²) >= 11 is 0. The first kappa shape index (κ1) is 21.1. The van der Waals surface area contributed by atoms with E-state index in [4.69, 9.17) is 0 Å². The van der Waals surface area contributed by atoms with Crippen molar-refractivity contribution in [1.82, 2.24) is 9.71 Å². The maximum Gasteiger partial charge on any atom is 0.387 e. The number of aromatic nitrogens is 1. The summed E-state index contributed by atoms with van der Waals surface area (Å²) in [7, 11) is -3.83. The van der Waals surface area contributed by atoms with E-state index < -0.39 is 22.7 Å². The molecule has 0 bridgehead atoms. The van der Waals surface area contributed by atoms with E-state index in [1.807, 2.05) is 36.4 Å². The van der Waals surface area contributed by atoms with Gasteiger partial charge in [0.25, 0.3) is 0 Å². The molecule has 5 nitrogen and oxygen atoms in total. The average molecular weight is 442 g/mol. The zero-order valence-electron chi connectivity index (χ0n) is 16.4. The van der Waals surface area contributed by atoms with Gasteiger partial charge in [0.1, 0.15) is 5.75 Å². The lowest BCUT2D eigenvalue weighted by Crippen LogP contribution is -2.31. The first-order chi connectivity index (χ1) is 14.9. The Morgan fingerprint density at radius 1 is 0.968 bits per heavy atom. The standard InChI is InChI=1S/C23H20F2N2O3S/c24-23(25)30-19-11-9-18-15-20(12-10-17(18)14-19)31(28,29)27-22(16-6-2-1-3-7-16)21-8-4-5-13-26-21/h1-9,11,13-15,22-23,27H,10,12H2. The number of fused-ring (bicyclic) bond motifs is 1. The molecule has 0 aliphatic heterocycles. The van der Waals surface area contributed by atoms with Gasteiger partial charge in [-0.1, -0.05) is 42.5 Å². The average Bonchev–Trinajstić information content (AvgIpc) is 2.78. The minimum atomic E-state index is -3.83. The summed E-state index contributed by atoms with van der Waals surface area (Å²) < 4.78 is 58.6. The predicted octanol–water partition coefficient (Wildman–Crippen LogP) is 4.68. The maximum atomic E-state index is 13.2. The number of allylic oxidation sites excluding steroid dienone is 1.